The molecule has 1 fully saturated rings. The second-order valence-corrected chi connectivity index (χ2v) is 6.82. The van der Waals surface area contributed by atoms with Crippen molar-refractivity contribution >= 4 is 0 Å². The Hall–Kier alpha value is -1.02. The Morgan fingerprint density at radius 2 is 2.10 bits per heavy atom. The molecule has 0 radical (unpaired) electrons. The minimum Gasteiger partial charge on any atom is -0.493 e. The maximum atomic E-state index is 5.60. The zero-order chi connectivity index (χ0) is 14.2. The minimum atomic E-state index is 0.483. The van der Waals surface area contributed by atoms with Crippen LogP contribution in [0, 0.1) is 11.3 Å². The van der Waals surface area contributed by atoms with Crippen molar-refractivity contribution in [2.45, 2.75) is 52.5 Å². The highest BCUT2D eigenvalue weighted by Crippen LogP contribution is 2.51. The van der Waals surface area contributed by atoms with Crippen LogP contribution in [0.2, 0.25) is 0 Å². The summed E-state index contributed by atoms with van der Waals surface area (Å²) in [5.41, 5.74) is 3.39. The smallest absolute Gasteiger partial charge is 0.122 e. The molecule has 1 N–H and O–H groups in total. The predicted molar refractivity (Wildman–Crippen MR) is 83.2 cm³/mol. The molecule has 1 unspecified atom stereocenters. The first-order valence-electron chi connectivity index (χ1n) is 8.13. The van der Waals surface area contributed by atoms with Gasteiger partial charge in [0.15, 0.2) is 0 Å². The van der Waals surface area contributed by atoms with E-state index in [2.05, 4.69) is 44.3 Å². The molecular formula is C18H27NO. The van der Waals surface area contributed by atoms with Crippen LogP contribution < -0.4 is 10.1 Å². The lowest BCUT2D eigenvalue weighted by molar-refractivity contribution is 0.318. The molecule has 2 nitrogen and oxygen atoms in total. The lowest BCUT2D eigenvalue weighted by Crippen LogP contribution is -2.30. The van der Waals surface area contributed by atoms with Gasteiger partial charge in [0.05, 0.1) is 6.61 Å². The average molecular weight is 273 g/mol. The zero-order valence-corrected chi connectivity index (χ0v) is 13.0. The summed E-state index contributed by atoms with van der Waals surface area (Å²) in [5, 5.41) is 3.82. The second-order valence-electron chi connectivity index (χ2n) is 6.82. The molecule has 2 heteroatoms. The van der Waals surface area contributed by atoms with Crippen LogP contribution in [0.25, 0.3) is 0 Å². The number of benzene rings is 1. The van der Waals surface area contributed by atoms with Crippen LogP contribution in [0.4, 0.5) is 0 Å². The Balaban J connectivity index is 1.67. The number of hydrogen-bond acceptors (Lipinski definition) is 2. The summed E-state index contributed by atoms with van der Waals surface area (Å²) in [5.74, 6) is 1.88. The van der Waals surface area contributed by atoms with Crippen LogP contribution in [-0.4, -0.2) is 13.2 Å². The van der Waals surface area contributed by atoms with E-state index in [1.165, 1.54) is 24.0 Å². The van der Waals surface area contributed by atoms with E-state index in [4.69, 9.17) is 4.74 Å². The first-order valence-corrected chi connectivity index (χ1v) is 8.13. The Kier molecular flexibility index (Phi) is 3.76. The van der Waals surface area contributed by atoms with Crippen molar-refractivity contribution < 1.29 is 4.74 Å². The highest BCUT2D eigenvalue weighted by atomic mass is 16.5. The van der Waals surface area contributed by atoms with Gasteiger partial charge in [0, 0.05) is 19.0 Å². The maximum Gasteiger partial charge on any atom is 0.122 e. The van der Waals surface area contributed by atoms with E-state index >= 15 is 0 Å². The fraction of sp³-hybridized carbons (Fsp3) is 0.667. The van der Waals surface area contributed by atoms with E-state index in [1.807, 2.05) is 0 Å². The Morgan fingerprint density at radius 3 is 2.75 bits per heavy atom. The molecule has 110 valence electrons. The fourth-order valence-electron chi connectivity index (χ4n) is 3.37. The molecule has 0 spiro atoms. The van der Waals surface area contributed by atoms with Crippen LogP contribution in [0.1, 0.15) is 57.2 Å². The average Bonchev–Trinajstić information content (AvgIpc) is 3.10. The fourth-order valence-corrected chi connectivity index (χ4v) is 3.37. The Morgan fingerprint density at radius 1 is 1.30 bits per heavy atom. The maximum absolute atomic E-state index is 5.60. The van der Waals surface area contributed by atoms with Gasteiger partial charge < -0.3 is 10.1 Å². The van der Waals surface area contributed by atoms with Gasteiger partial charge in [-0.1, -0.05) is 32.9 Å². The summed E-state index contributed by atoms with van der Waals surface area (Å²) >= 11 is 0. The monoisotopic (exact) mass is 273 g/mol. The van der Waals surface area contributed by atoms with Crippen molar-refractivity contribution in [3.8, 4) is 5.75 Å². The van der Waals surface area contributed by atoms with E-state index in [1.54, 1.807) is 0 Å². The quantitative estimate of drug-likeness (QED) is 0.842. The Bertz CT molecular complexity index is 476. The van der Waals surface area contributed by atoms with Gasteiger partial charge in [-0.3, -0.25) is 0 Å². The molecule has 20 heavy (non-hydrogen) atoms. The normalized spacial score (nSPS) is 20.6. The highest BCUT2D eigenvalue weighted by Gasteiger charge is 2.45. The minimum absolute atomic E-state index is 0.483. The zero-order valence-electron chi connectivity index (χ0n) is 13.0. The number of fused-ring (bicyclic) bond motifs is 1. The number of hydrogen-bond donors (Lipinski definition) is 1. The molecule has 1 atom stereocenters. The summed E-state index contributed by atoms with van der Waals surface area (Å²) in [4.78, 5) is 0. The van der Waals surface area contributed by atoms with E-state index in [9.17, 15) is 0 Å². The van der Waals surface area contributed by atoms with Gasteiger partial charge in [0.1, 0.15) is 5.75 Å². The number of rotatable bonds is 6. The number of ether oxygens (including phenoxy) is 1. The van der Waals surface area contributed by atoms with Crippen molar-refractivity contribution in [1.82, 2.24) is 5.32 Å². The van der Waals surface area contributed by atoms with Crippen LogP contribution in [0.3, 0.4) is 0 Å². The van der Waals surface area contributed by atoms with Gasteiger partial charge in [0.25, 0.3) is 0 Å². The lowest BCUT2D eigenvalue weighted by Gasteiger charge is -2.25. The van der Waals surface area contributed by atoms with E-state index in [0.29, 0.717) is 11.5 Å². The highest BCUT2D eigenvalue weighted by molar-refractivity contribution is 5.40. The standard InChI is InChI=1S/C18H27NO/c1-4-16(19-12-18(8-9-18)13(2)3)14-5-6-17-15(11-14)7-10-20-17/h5-6,11,13,16,19H,4,7-10,12H2,1-3H3. The molecule has 1 aromatic rings. The lowest BCUT2D eigenvalue weighted by atomic mass is 9.91. The summed E-state index contributed by atoms with van der Waals surface area (Å²) in [6.45, 7) is 9.01. The van der Waals surface area contributed by atoms with E-state index < -0.39 is 0 Å². The van der Waals surface area contributed by atoms with Crippen LogP contribution in [0.15, 0.2) is 18.2 Å². The molecule has 1 aliphatic heterocycles. The summed E-state index contributed by atoms with van der Waals surface area (Å²) in [7, 11) is 0. The van der Waals surface area contributed by atoms with Crippen molar-refractivity contribution in [3.63, 3.8) is 0 Å². The molecule has 1 heterocycles. The SMILES string of the molecule is CCC(NCC1(C(C)C)CC1)c1ccc2c(c1)CCO2. The first kappa shape index (κ1) is 13.9. The molecule has 3 rings (SSSR count). The van der Waals surface area contributed by atoms with Crippen molar-refractivity contribution in [1.29, 1.82) is 0 Å². The molecule has 0 aromatic heterocycles. The molecule has 2 aliphatic rings. The van der Waals surface area contributed by atoms with Crippen LogP contribution in [-0.2, 0) is 6.42 Å². The predicted octanol–water partition coefficient (Wildman–Crippen LogP) is 4.10. The summed E-state index contributed by atoms with van der Waals surface area (Å²) in [6.07, 6.45) is 5.00. The van der Waals surface area contributed by atoms with Gasteiger partial charge in [0.2, 0.25) is 0 Å². The molecule has 0 amide bonds. The third kappa shape index (κ3) is 2.58. The van der Waals surface area contributed by atoms with E-state index in [-0.39, 0.29) is 0 Å². The molecular weight excluding hydrogens is 246 g/mol. The summed E-state index contributed by atoms with van der Waals surface area (Å²) < 4.78 is 5.60. The molecule has 1 saturated carbocycles. The van der Waals surface area contributed by atoms with Gasteiger partial charge >= 0.3 is 0 Å². The molecule has 1 aromatic carbocycles. The largest absolute Gasteiger partial charge is 0.493 e. The molecule has 0 bridgehead atoms. The van der Waals surface area contributed by atoms with Gasteiger partial charge in [-0.15, -0.1) is 0 Å². The van der Waals surface area contributed by atoms with Gasteiger partial charge in [-0.05, 0) is 47.8 Å². The number of nitrogens with one attached hydrogen (secondary N) is 1. The first-order chi connectivity index (χ1) is 9.64. The van der Waals surface area contributed by atoms with Crippen molar-refractivity contribution in [2.24, 2.45) is 11.3 Å². The Labute approximate surface area is 122 Å². The summed E-state index contributed by atoms with van der Waals surface area (Å²) in [6, 6.07) is 7.22. The van der Waals surface area contributed by atoms with Crippen LogP contribution in [0.5, 0.6) is 5.75 Å². The van der Waals surface area contributed by atoms with Gasteiger partial charge in [-0.25, -0.2) is 0 Å². The second kappa shape index (κ2) is 5.40. The third-order valence-electron chi connectivity index (χ3n) is 5.34. The van der Waals surface area contributed by atoms with E-state index in [0.717, 1.165) is 37.7 Å². The van der Waals surface area contributed by atoms with Crippen molar-refractivity contribution in [2.75, 3.05) is 13.2 Å². The van der Waals surface area contributed by atoms with Crippen LogP contribution >= 0.6 is 0 Å². The van der Waals surface area contributed by atoms with Crippen molar-refractivity contribution in [3.05, 3.63) is 29.3 Å². The molecule has 1 aliphatic carbocycles. The molecule has 0 saturated heterocycles. The van der Waals surface area contributed by atoms with Gasteiger partial charge in [-0.2, -0.15) is 0 Å². The third-order valence-corrected chi connectivity index (χ3v) is 5.34. The topological polar surface area (TPSA) is 21.3 Å².